The molecule has 6 nitrogen and oxygen atoms in total. The van der Waals surface area contributed by atoms with E-state index in [4.69, 9.17) is 0 Å². The van der Waals surface area contributed by atoms with Gasteiger partial charge in [0, 0.05) is 43.8 Å². The molecule has 0 spiro atoms. The van der Waals surface area contributed by atoms with E-state index in [0.717, 1.165) is 22.8 Å². The van der Waals surface area contributed by atoms with E-state index >= 15 is 0 Å². The lowest BCUT2D eigenvalue weighted by Gasteiger charge is -2.38. The van der Waals surface area contributed by atoms with Gasteiger partial charge < -0.3 is 14.4 Å². The second-order valence-electron chi connectivity index (χ2n) is 8.88. The molecule has 1 aliphatic rings. The van der Waals surface area contributed by atoms with Crippen molar-refractivity contribution >= 4 is 11.8 Å². The van der Waals surface area contributed by atoms with Gasteiger partial charge in [-0.1, -0.05) is 36.4 Å². The van der Waals surface area contributed by atoms with Crippen LogP contribution in [0.3, 0.4) is 0 Å². The summed E-state index contributed by atoms with van der Waals surface area (Å²) in [5.41, 5.74) is 2.96. The number of benzene rings is 1. The highest BCUT2D eigenvalue weighted by molar-refractivity contribution is 5.96. The monoisotopic (exact) mass is 430 g/mol. The zero-order valence-electron chi connectivity index (χ0n) is 19.2. The van der Waals surface area contributed by atoms with Gasteiger partial charge in [-0.15, -0.1) is 0 Å². The van der Waals surface area contributed by atoms with Crippen LogP contribution in [0, 0.1) is 13.8 Å². The summed E-state index contributed by atoms with van der Waals surface area (Å²) in [6.45, 7) is 10.0. The zero-order valence-corrected chi connectivity index (χ0v) is 19.2. The van der Waals surface area contributed by atoms with Crippen LogP contribution in [0.4, 0.5) is 0 Å². The van der Waals surface area contributed by atoms with Crippen LogP contribution in [-0.4, -0.2) is 57.3 Å². The van der Waals surface area contributed by atoms with Crippen LogP contribution < -0.4 is 0 Å². The Hall–Kier alpha value is -3.41. The van der Waals surface area contributed by atoms with Gasteiger partial charge in [0.05, 0.1) is 11.0 Å². The fourth-order valence-electron chi connectivity index (χ4n) is 4.47. The average molecular weight is 431 g/mol. The summed E-state index contributed by atoms with van der Waals surface area (Å²) in [5, 5.41) is 0. The van der Waals surface area contributed by atoms with Crippen molar-refractivity contribution in [3.05, 3.63) is 83.3 Å². The summed E-state index contributed by atoms with van der Waals surface area (Å²) in [5.74, 6) is 0.916. The number of carbonyl (C=O) groups excluding carboxylic acids is 2. The lowest BCUT2D eigenvalue weighted by atomic mass is 9.83. The SMILES string of the molecule is Cc1cc(C(=O)N2CCN(C(=O)C(C)(C)c3ccccc3)CC2)c(C)n1-c1ccccn1. The van der Waals surface area contributed by atoms with Crippen molar-refractivity contribution in [3.63, 3.8) is 0 Å². The van der Waals surface area contributed by atoms with Gasteiger partial charge in [-0.3, -0.25) is 9.59 Å². The predicted molar refractivity (Wildman–Crippen MR) is 125 cm³/mol. The third-order valence-electron chi connectivity index (χ3n) is 6.42. The molecule has 6 heteroatoms. The highest BCUT2D eigenvalue weighted by Gasteiger charge is 2.36. The molecular formula is C26H30N4O2. The number of aromatic nitrogens is 2. The molecular weight excluding hydrogens is 400 g/mol. The van der Waals surface area contributed by atoms with Crippen molar-refractivity contribution < 1.29 is 9.59 Å². The fourth-order valence-corrected chi connectivity index (χ4v) is 4.47. The van der Waals surface area contributed by atoms with Crippen LogP contribution in [0.2, 0.25) is 0 Å². The Kier molecular flexibility index (Phi) is 5.87. The van der Waals surface area contributed by atoms with Crippen LogP contribution >= 0.6 is 0 Å². The van der Waals surface area contributed by atoms with Crippen molar-refractivity contribution in [2.24, 2.45) is 0 Å². The van der Waals surface area contributed by atoms with Gasteiger partial charge in [0.15, 0.2) is 0 Å². The maximum Gasteiger partial charge on any atom is 0.255 e. The number of hydrogen-bond donors (Lipinski definition) is 0. The number of aryl methyl sites for hydroxylation is 1. The maximum absolute atomic E-state index is 13.3. The molecule has 1 aliphatic heterocycles. The van der Waals surface area contributed by atoms with Crippen LogP contribution in [0.1, 0.15) is 41.2 Å². The topological polar surface area (TPSA) is 58.4 Å². The first kappa shape index (κ1) is 21.8. The molecule has 4 rings (SSSR count). The minimum Gasteiger partial charge on any atom is -0.338 e. The zero-order chi connectivity index (χ0) is 22.9. The largest absolute Gasteiger partial charge is 0.338 e. The third-order valence-corrected chi connectivity index (χ3v) is 6.42. The minimum absolute atomic E-state index is 0.00898. The second-order valence-corrected chi connectivity index (χ2v) is 8.88. The number of hydrogen-bond acceptors (Lipinski definition) is 3. The molecule has 166 valence electrons. The van der Waals surface area contributed by atoms with Gasteiger partial charge >= 0.3 is 0 Å². The van der Waals surface area contributed by atoms with Crippen molar-refractivity contribution in [1.82, 2.24) is 19.4 Å². The average Bonchev–Trinajstić information content (AvgIpc) is 3.13. The standard InChI is InChI=1S/C26H30N4O2/c1-19-18-22(20(2)30(19)23-12-8-9-13-27-23)24(31)28-14-16-29(17-15-28)25(32)26(3,4)21-10-6-5-7-11-21/h5-13,18H,14-17H2,1-4H3. The first-order valence-corrected chi connectivity index (χ1v) is 11.0. The smallest absolute Gasteiger partial charge is 0.255 e. The molecule has 3 heterocycles. The van der Waals surface area contributed by atoms with Crippen LogP contribution in [-0.2, 0) is 10.2 Å². The van der Waals surface area contributed by atoms with Crippen LogP contribution in [0.15, 0.2) is 60.8 Å². The molecule has 0 bridgehead atoms. The van der Waals surface area contributed by atoms with Crippen molar-refractivity contribution in [3.8, 4) is 5.82 Å². The van der Waals surface area contributed by atoms with Crippen molar-refractivity contribution in [2.75, 3.05) is 26.2 Å². The van der Waals surface area contributed by atoms with E-state index in [1.807, 2.05) is 96.7 Å². The van der Waals surface area contributed by atoms with Crippen LogP contribution in [0.25, 0.3) is 5.82 Å². The molecule has 2 amide bonds. The molecule has 0 atom stereocenters. The number of carbonyl (C=O) groups is 2. The van der Waals surface area contributed by atoms with Gasteiger partial charge in [-0.05, 0) is 51.5 Å². The summed E-state index contributed by atoms with van der Waals surface area (Å²) in [4.78, 5) is 34.7. The Morgan fingerprint density at radius 2 is 1.50 bits per heavy atom. The quantitative estimate of drug-likeness (QED) is 0.633. The minimum atomic E-state index is -0.596. The van der Waals surface area contributed by atoms with Gasteiger partial charge in [-0.2, -0.15) is 0 Å². The fraction of sp³-hybridized carbons (Fsp3) is 0.346. The summed E-state index contributed by atoms with van der Waals surface area (Å²) in [7, 11) is 0. The van der Waals surface area contributed by atoms with Gasteiger partial charge in [-0.25, -0.2) is 4.98 Å². The molecule has 2 aromatic heterocycles. The molecule has 0 radical (unpaired) electrons. The lowest BCUT2D eigenvalue weighted by molar-refractivity contribution is -0.137. The molecule has 3 aromatic rings. The predicted octanol–water partition coefficient (Wildman–Crippen LogP) is 3.75. The summed E-state index contributed by atoms with van der Waals surface area (Å²) >= 11 is 0. The Balaban J connectivity index is 1.46. The highest BCUT2D eigenvalue weighted by atomic mass is 16.2. The Morgan fingerprint density at radius 3 is 2.12 bits per heavy atom. The first-order valence-electron chi connectivity index (χ1n) is 11.0. The second kappa shape index (κ2) is 8.61. The molecule has 0 aliphatic carbocycles. The van der Waals surface area contributed by atoms with Crippen molar-refractivity contribution in [2.45, 2.75) is 33.1 Å². The lowest BCUT2D eigenvalue weighted by Crippen LogP contribution is -2.54. The number of nitrogens with zero attached hydrogens (tertiary/aromatic N) is 4. The van der Waals surface area contributed by atoms with E-state index in [2.05, 4.69) is 4.98 Å². The Bertz CT molecular complexity index is 1110. The van der Waals surface area contributed by atoms with E-state index in [0.29, 0.717) is 31.7 Å². The van der Waals surface area contributed by atoms with E-state index in [1.165, 1.54) is 0 Å². The normalized spacial score (nSPS) is 14.5. The number of amides is 2. The van der Waals surface area contributed by atoms with Gasteiger partial charge in [0.25, 0.3) is 5.91 Å². The van der Waals surface area contributed by atoms with E-state index < -0.39 is 5.41 Å². The number of pyridine rings is 1. The van der Waals surface area contributed by atoms with E-state index in [1.54, 1.807) is 6.20 Å². The molecule has 0 saturated carbocycles. The highest BCUT2D eigenvalue weighted by Crippen LogP contribution is 2.27. The van der Waals surface area contributed by atoms with Crippen molar-refractivity contribution in [1.29, 1.82) is 0 Å². The third kappa shape index (κ3) is 3.93. The Morgan fingerprint density at radius 1 is 0.875 bits per heavy atom. The first-order chi connectivity index (χ1) is 15.3. The van der Waals surface area contributed by atoms with Gasteiger partial charge in [0.1, 0.15) is 5.82 Å². The van der Waals surface area contributed by atoms with Gasteiger partial charge in [0.2, 0.25) is 5.91 Å². The molecule has 1 fully saturated rings. The van der Waals surface area contributed by atoms with E-state index in [-0.39, 0.29) is 11.8 Å². The number of piperazine rings is 1. The molecule has 0 N–H and O–H groups in total. The van der Waals surface area contributed by atoms with E-state index in [9.17, 15) is 9.59 Å². The molecule has 0 unspecified atom stereocenters. The summed E-state index contributed by atoms with van der Waals surface area (Å²) in [6, 6.07) is 17.6. The molecule has 32 heavy (non-hydrogen) atoms. The summed E-state index contributed by atoms with van der Waals surface area (Å²) < 4.78 is 2.01. The number of rotatable bonds is 4. The Labute approximate surface area is 189 Å². The maximum atomic E-state index is 13.3. The summed E-state index contributed by atoms with van der Waals surface area (Å²) in [6.07, 6.45) is 1.75. The molecule has 1 aromatic carbocycles. The van der Waals surface area contributed by atoms with Crippen LogP contribution in [0.5, 0.6) is 0 Å². The molecule has 1 saturated heterocycles.